The Bertz CT molecular complexity index is 503. The number of likely N-dealkylation sites (N-methyl/N-ethyl adjacent to an activating group) is 2. The minimum absolute atomic E-state index is 0.0155. The lowest BCUT2D eigenvalue weighted by Crippen LogP contribution is -2.34. The standard InChI is InChI=1S/C13H21ClN2O2S/c1-15(2)7-8-16(3)19(17,18)11-13-6-4-5-12(9-13)10-14/h4-6,9H,7-8,10-11H2,1-3H3. The van der Waals surface area contributed by atoms with E-state index in [0.29, 0.717) is 19.0 Å². The van der Waals surface area contributed by atoms with Gasteiger partial charge < -0.3 is 4.90 Å². The van der Waals surface area contributed by atoms with Gasteiger partial charge in [0.25, 0.3) is 0 Å². The molecule has 1 aromatic carbocycles. The van der Waals surface area contributed by atoms with E-state index in [1.54, 1.807) is 7.05 Å². The molecule has 6 heteroatoms. The predicted molar refractivity (Wildman–Crippen MR) is 79.8 cm³/mol. The van der Waals surface area contributed by atoms with Crippen molar-refractivity contribution in [3.8, 4) is 0 Å². The van der Waals surface area contributed by atoms with E-state index in [0.717, 1.165) is 11.1 Å². The summed E-state index contributed by atoms with van der Waals surface area (Å²) in [6, 6.07) is 7.37. The number of halogens is 1. The summed E-state index contributed by atoms with van der Waals surface area (Å²) in [6.45, 7) is 1.20. The molecule has 4 nitrogen and oxygen atoms in total. The minimum Gasteiger partial charge on any atom is -0.308 e. The summed E-state index contributed by atoms with van der Waals surface area (Å²) in [6.07, 6.45) is 0. The van der Waals surface area contributed by atoms with Crippen LogP contribution in [0.5, 0.6) is 0 Å². The molecule has 0 aliphatic rings. The fraction of sp³-hybridized carbons (Fsp3) is 0.538. The third-order valence-electron chi connectivity index (χ3n) is 2.83. The van der Waals surface area contributed by atoms with Crippen molar-refractivity contribution in [3.63, 3.8) is 0 Å². The van der Waals surface area contributed by atoms with Gasteiger partial charge in [-0.2, -0.15) is 0 Å². The number of nitrogens with zero attached hydrogens (tertiary/aromatic N) is 2. The summed E-state index contributed by atoms with van der Waals surface area (Å²) in [5, 5.41) is 0. The maximum atomic E-state index is 12.2. The zero-order valence-corrected chi connectivity index (χ0v) is 13.2. The number of hydrogen-bond acceptors (Lipinski definition) is 3. The molecule has 1 aromatic rings. The third-order valence-corrected chi connectivity index (χ3v) is 4.97. The summed E-state index contributed by atoms with van der Waals surface area (Å²) >= 11 is 5.75. The van der Waals surface area contributed by atoms with E-state index in [2.05, 4.69) is 0 Å². The van der Waals surface area contributed by atoms with Crippen LogP contribution in [0.2, 0.25) is 0 Å². The molecule has 108 valence electrons. The first kappa shape index (κ1) is 16.4. The lowest BCUT2D eigenvalue weighted by Gasteiger charge is -2.19. The van der Waals surface area contributed by atoms with Crippen LogP contribution < -0.4 is 0 Å². The largest absolute Gasteiger partial charge is 0.308 e. The molecular formula is C13H21ClN2O2S. The second kappa shape index (κ2) is 7.24. The first-order chi connectivity index (χ1) is 8.85. The molecular weight excluding hydrogens is 284 g/mol. The van der Waals surface area contributed by atoms with Gasteiger partial charge in [0.1, 0.15) is 0 Å². The quantitative estimate of drug-likeness (QED) is 0.721. The van der Waals surface area contributed by atoms with Crippen LogP contribution in [-0.2, 0) is 21.7 Å². The highest BCUT2D eigenvalue weighted by atomic mass is 35.5. The maximum absolute atomic E-state index is 12.2. The molecule has 19 heavy (non-hydrogen) atoms. The summed E-state index contributed by atoms with van der Waals surface area (Å²) < 4.78 is 25.8. The van der Waals surface area contributed by atoms with E-state index < -0.39 is 10.0 Å². The summed E-state index contributed by atoms with van der Waals surface area (Å²) in [5.41, 5.74) is 1.71. The van der Waals surface area contributed by atoms with Crippen molar-refractivity contribution in [2.75, 3.05) is 34.2 Å². The normalized spacial score (nSPS) is 12.3. The van der Waals surface area contributed by atoms with Gasteiger partial charge in [-0.1, -0.05) is 24.3 Å². The van der Waals surface area contributed by atoms with Crippen LogP contribution in [0, 0.1) is 0 Å². The zero-order chi connectivity index (χ0) is 14.5. The molecule has 0 amide bonds. The molecule has 0 unspecified atom stereocenters. The number of hydrogen-bond donors (Lipinski definition) is 0. The van der Waals surface area contributed by atoms with Gasteiger partial charge >= 0.3 is 0 Å². The predicted octanol–water partition coefficient (Wildman–Crippen LogP) is 1.75. The second-order valence-corrected chi connectivity index (χ2v) is 7.18. The van der Waals surface area contributed by atoms with Gasteiger partial charge in [-0.05, 0) is 25.2 Å². The molecule has 0 heterocycles. The van der Waals surface area contributed by atoms with Crippen molar-refractivity contribution in [1.29, 1.82) is 0 Å². The van der Waals surface area contributed by atoms with Gasteiger partial charge in [-0.3, -0.25) is 0 Å². The number of sulfonamides is 1. The van der Waals surface area contributed by atoms with Gasteiger partial charge in [0.05, 0.1) is 5.75 Å². The molecule has 1 rings (SSSR count). The first-order valence-corrected chi connectivity index (χ1v) is 8.22. The number of rotatable bonds is 7. The Balaban J connectivity index is 2.72. The molecule has 0 radical (unpaired) electrons. The van der Waals surface area contributed by atoms with E-state index in [1.165, 1.54) is 4.31 Å². The molecule has 0 saturated carbocycles. The maximum Gasteiger partial charge on any atom is 0.218 e. The fourth-order valence-corrected chi connectivity index (χ4v) is 2.95. The molecule has 0 aliphatic heterocycles. The monoisotopic (exact) mass is 304 g/mol. The Labute approximate surface area is 121 Å². The van der Waals surface area contributed by atoms with E-state index in [1.807, 2.05) is 43.3 Å². The highest BCUT2D eigenvalue weighted by Crippen LogP contribution is 2.13. The Morgan fingerprint density at radius 1 is 1.11 bits per heavy atom. The molecule has 0 atom stereocenters. The zero-order valence-electron chi connectivity index (χ0n) is 11.6. The average molecular weight is 305 g/mol. The third kappa shape index (κ3) is 5.48. The Morgan fingerprint density at radius 3 is 2.32 bits per heavy atom. The first-order valence-electron chi connectivity index (χ1n) is 6.07. The van der Waals surface area contributed by atoms with Gasteiger partial charge in [0.15, 0.2) is 0 Å². The van der Waals surface area contributed by atoms with Gasteiger partial charge in [0.2, 0.25) is 10.0 Å². The van der Waals surface area contributed by atoms with Gasteiger partial charge in [-0.15, -0.1) is 11.6 Å². The van der Waals surface area contributed by atoms with Crippen LogP contribution in [-0.4, -0.2) is 51.9 Å². The highest BCUT2D eigenvalue weighted by Gasteiger charge is 2.18. The van der Waals surface area contributed by atoms with E-state index in [-0.39, 0.29) is 5.75 Å². The van der Waals surface area contributed by atoms with Crippen LogP contribution in [0.3, 0.4) is 0 Å². The molecule has 0 aromatic heterocycles. The van der Waals surface area contributed by atoms with Crippen molar-refractivity contribution in [3.05, 3.63) is 35.4 Å². The van der Waals surface area contributed by atoms with Crippen LogP contribution in [0.4, 0.5) is 0 Å². The summed E-state index contributed by atoms with van der Waals surface area (Å²) in [7, 11) is 2.19. The van der Waals surface area contributed by atoms with Gasteiger partial charge in [-0.25, -0.2) is 12.7 Å². The van der Waals surface area contributed by atoms with Crippen LogP contribution in [0.1, 0.15) is 11.1 Å². The molecule has 0 bridgehead atoms. The van der Waals surface area contributed by atoms with Crippen LogP contribution in [0.25, 0.3) is 0 Å². The minimum atomic E-state index is -3.27. The summed E-state index contributed by atoms with van der Waals surface area (Å²) in [4.78, 5) is 1.96. The topological polar surface area (TPSA) is 40.6 Å². The summed E-state index contributed by atoms with van der Waals surface area (Å²) in [5.74, 6) is 0.409. The van der Waals surface area contributed by atoms with Crippen molar-refractivity contribution >= 4 is 21.6 Å². The van der Waals surface area contributed by atoms with Crippen LogP contribution >= 0.6 is 11.6 Å². The number of benzene rings is 1. The molecule has 0 aliphatic carbocycles. The van der Waals surface area contributed by atoms with Crippen molar-refractivity contribution in [1.82, 2.24) is 9.21 Å². The van der Waals surface area contributed by atoms with E-state index >= 15 is 0 Å². The Kier molecular flexibility index (Phi) is 6.26. The van der Waals surface area contributed by atoms with E-state index in [4.69, 9.17) is 11.6 Å². The van der Waals surface area contributed by atoms with Crippen molar-refractivity contribution < 1.29 is 8.42 Å². The molecule has 0 saturated heterocycles. The molecule has 0 spiro atoms. The van der Waals surface area contributed by atoms with Crippen molar-refractivity contribution in [2.24, 2.45) is 0 Å². The van der Waals surface area contributed by atoms with Gasteiger partial charge in [0, 0.05) is 26.0 Å². The lowest BCUT2D eigenvalue weighted by molar-refractivity contribution is 0.358. The molecule has 0 N–H and O–H groups in total. The highest BCUT2D eigenvalue weighted by molar-refractivity contribution is 7.88. The second-order valence-electron chi connectivity index (χ2n) is 4.83. The lowest BCUT2D eigenvalue weighted by atomic mass is 10.2. The van der Waals surface area contributed by atoms with Crippen LogP contribution in [0.15, 0.2) is 24.3 Å². The fourth-order valence-electron chi connectivity index (χ4n) is 1.60. The van der Waals surface area contributed by atoms with E-state index in [9.17, 15) is 8.42 Å². The van der Waals surface area contributed by atoms with Crippen molar-refractivity contribution in [2.45, 2.75) is 11.6 Å². The SMILES string of the molecule is CN(C)CCN(C)S(=O)(=O)Cc1cccc(CCl)c1. The molecule has 0 fully saturated rings. The number of alkyl halides is 1. The smallest absolute Gasteiger partial charge is 0.218 e. The average Bonchev–Trinajstić information content (AvgIpc) is 2.35. The Hall–Kier alpha value is -0.620. The Morgan fingerprint density at radius 2 is 1.74 bits per heavy atom.